The average molecular weight is 495 g/mol. The summed E-state index contributed by atoms with van der Waals surface area (Å²) in [6, 6.07) is 10.4. The number of nitrogens with one attached hydrogen (secondary N) is 4. The lowest BCUT2D eigenvalue weighted by Crippen LogP contribution is -2.34. The fourth-order valence-electron chi connectivity index (χ4n) is 3.26. The van der Waals surface area contributed by atoms with E-state index < -0.39 is 5.91 Å². The summed E-state index contributed by atoms with van der Waals surface area (Å²) in [5.74, 6) is -1.12. The van der Waals surface area contributed by atoms with Crippen molar-refractivity contribution < 1.29 is 14.4 Å². The number of aromatic nitrogens is 1. The Morgan fingerprint density at radius 1 is 1.26 bits per heavy atom. The van der Waals surface area contributed by atoms with E-state index >= 15 is 0 Å². The van der Waals surface area contributed by atoms with Gasteiger partial charge in [0, 0.05) is 24.1 Å². The van der Waals surface area contributed by atoms with Crippen LogP contribution >= 0.6 is 11.3 Å². The molecule has 0 atom stereocenters. The Hall–Kier alpha value is -4.46. The van der Waals surface area contributed by atoms with Gasteiger partial charge in [-0.2, -0.15) is 10.5 Å². The van der Waals surface area contributed by atoms with Gasteiger partial charge in [-0.1, -0.05) is 6.07 Å². The number of hydrogen-bond acceptors (Lipinski definition) is 9. The van der Waals surface area contributed by atoms with Crippen molar-refractivity contribution in [2.75, 3.05) is 36.9 Å². The van der Waals surface area contributed by atoms with Crippen LogP contribution in [0, 0.1) is 22.7 Å². The summed E-state index contributed by atoms with van der Waals surface area (Å²) in [4.78, 5) is 50.2. The van der Waals surface area contributed by atoms with Crippen LogP contribution in [0.25, 0.3) is 11.8 Å². The van der Waals surface area contributed by atoms with Gasteiger partial charge in [0.25, 0.3) is 11.5 Å². The Morgan fingerprint density at radius 3 is 2.69 bits per heavy atom. The predicted molar refractivity (Wildman–Crippen MR) is 129 cm³/mol. The zero-order valence-corrected chi connectivity index (χ0v) is 19.6. The highest BCUT2D eigenvalue weighted by Crippen LogP contribution is 2.15. The monoisotopic (exact) mass is 494 g/mol. The molecule has 0 aliphatic carbocycles. The molecule has 0 unspecified atom stereocenters. The second kappa shape index (κ2) is 11.6. The van der Waals surface area contributed by atoms with Crippen molar-refractivity contribution in [1.82, 2.24) is 20.1 Å². The van der Waals surface area contributed by atoms with Crippen LogP contribution in [-0.4, -0.2) is 53.5 Å². The first-order valence-electron chi connectivity index (χ1n) is 10.5. The standard InChI is InChI=1S/C22H22N8O4S/c1-2-30-21(34)17(35-22(30)16(9-24)20(33)25-7-6-23)10-26-14-4-3-5-15(8-14)28-19(32)12-29-11-18(31)27-13-29/h3-5,8,10,26H,2,7,11-13H2,1H3,(H,25,33)(H,27,31)(H,28,32)/b17-10+,22-16-. The highest BCUT2D eigenvalue weighted by Gasteiger charge is 2.20. The van der Waals surface area contributed by atoms with Gasteiger partial charge in [-0.3, -0.25) is 28.6 Å². The molecule has 0 bridgehead atoms. The second-order valence-electron chi connectivity index (χ2n) is 7.31. The average Bonchev–Trinajstić information content (AvgIpc) is 3.38. The van der Waals surface area contributed by atoms with Crippen LogP contribution in [0.15, 0.2) is 29.1 Å². The van der Waals surface area contributed by atoms with Crippen LogP contribution < -0.4 is 36.0 Å². The van der Waals surface area contributed by atoms with E-state index in [1.165, 1.54) is 10.8 Å². The first kappa shape index (κ1) is 25.2. The van der Waals surface area contributed by atoms with Crippen LogP contribution in [0.4, 0.5) is 11.4 Å². The summed E-state index contributed by atoms with van der Waals surface area (Å²) in [5.41, 5.74) is 0.496. The molecule has 1 fully saturated rings. The van der Waals surface area contributed by atoms with E-state index in [2.05, 4.69) is 21.3 Å². The molecule has 1 aromatic heterocycles. The Kier molecular flexibility index (Phi) is 8.34. The first-order valence-corrected chi connectivity index (χ1v) is 11.3. The molecule has 1 aliphatic rings. The normalized spacial score (nSPS) is 14.5. The number of anilines is 2. The van der Waals surface area contributed by atoms with Crippen LogP contribution in [0.3, 0.4) is 0 Å². The van der Waals surface area contributed by atoms with Gasteiger partial charge in [0.05, 0.1) is 25.8 Å². The molecule has 4 N–H and O–H groups in total. The molecule has 0 saturated carbocycles. The van der Waals surface area contributed by atoms with Crippen molar-refractivity contribution in [3.05, 3.63) is 43.8 Å². The lowest BCUT2D eigenvalue weighted by atomic mass is 10.2. The second-order valence-corrected chi connectivity index (χ2v) is 8.34. The van der Waals surface area contributed by atoms with E-state index in [-0.39, 0.29) is 58.3 Å². The van der Waals surface area contributed by atoms with E-state index in [4.69, 9.17) is 5.26 Å². The van der Waals surface area contributed by atoms with Gasteiger partial charge in [-0.05, 0) is 25.1 Å². The topological polar surface area (TPSA) is 172 Å². The van der Waals surface area contributed by atoms with Crippen LogP contribution in [-0.2, 0) is 20.9 Å². The molecule has 13 heteroatoms. The van der Waals surface area contributed by atoms with E-state index in [1.807, 2.05) is 6.07 Å². The maximum absolute atomic E-state index is 12.8. The molecule has 2 aromatic rings. The van der Waals surface area contributed by atoms with Crippen molar-refractivity contribution in [1.29, 1.82) is 10.5 Å². The van der Waals surface area contributed by atoms with Gasteiger partial charge in [-0.15, -0.1) is 11.3 Å². The summed E-state index contributed by atoms with van der Waals surface area (Å²) in [6.45, 7) is 2.27. The van der Waals surface area contributed by atoms with Crippen molar-refractivity contribution in [3.8, 4) is 12.1 Å². The third-order valence-electron chi connectivity index (χ3n) is 4.86. The molecule has 12 nitrogen and oxygen atoms in total. The molecule has 180 valence electrons. The SMILES string of the molecule is CCn1c(=O)/c(=C\Nc2cccc(NC(=O)CN3CNC(=O)C3)c2)s/c1=C(/C#N)C(=O)NCC#N. The van der Waals surface area contributed by atoms with Gasteiger partial charge >= 0.3 is 0 Å². The molecule has 1 aliphatic heterocycles. The van der Waals surface area contributed by atoms with Crippen molar-refractivity contribution in [2.24, 2.45) is 0 Å². The van der Waals surface area contributed by atoms with Crippen molar-refractivity contribution in [2.45, 2.75) is 13.5 Å². The maximum atomic E-state index is 12.8. The van der Waals surface area contributed by atoms with Crippen LogP contribution in [0.5, 0.6) is 0 Å². The number of rotatable bonds is 8. The van der Waals surface area contributed by atoms with Crippen LogP contribution in [0.1, 0.15) is 6.92 Å². The van der Waals surface area contributed by atoms with E-state index in [9.17, 15) is 24.4 Å². The zero-order valence-electron chi connectivity index (χ0n) is 18.8. The zero-order chi connectivity index (χ0) is 25.4. The lowest BCUT2D eigenvalue weighted by molar-refractivity contribution is -0.119. The third kappa shape index (κ3) is 6.32. The smallest absolute Gasteiger partial charge is 0.270 e. The number of nitriles is 2. The highest BCUT2D eigenvalue weighted by atomic mass is 32.1. The fourth-order valence-corrected chi connectivity index (χ4v) is 4.35. The number of carbonyl (C=O) groups excluding carboxylic acids is 3. The van der Waals surface area contributed by atoms with Crippen molar-refractivity contribution >= 4 is 52.2 Å². The first-order chi connectivity index (χ1) is 16.9. The molecular weight excluding hydrogens is 472 g/mol. The summed E-state index contributed by atoms with van der Waals surface area (Å²) in [7, 11) is 0. The molecule has 35 heavy (non-hydrogen) atoms. The number of carbonyl (C=O) groups is 3. The lowest BCUT2D eigenvalue weighted by Gasteiger charge is -2.12. The number of hydrogen-bond donors (Lipinski definition) is 4. The third-order valence-corrected chi connectivity index (χ3v) is 5.99. The molecule has 0 spiro atoms. The molecule has 3 amide bonds. The number of amides is 3. The van der Waals surface area contributed by atoms with Crippen LogP contribution in [0.2, 0.25) is 0 Å². The molecule has 3 rings (SSSR count). The molecule has 0 radical (unpaired) electrons. The molecule has 1 saturated heterocycles. The summed E-state index contributed by atoms with van der Waals surface area (Å²) >= 11 is 0.978. The van der Waals surface area contributed by atoms with Gasteiger partial charge in [0.15, 0.2) is 5.57 Å². The highest BCUT2D eigenvalue weighted by molar-refractivity contribution is 7.07. The Morgan fingerprint density at radius 2 is 2.03 bits per heavy atom. The number of thiazole rings is 1. The summed E-state index contributed by atoms with van der Waals surface area (Å²) < 4.78 is 1.78. The Bertz CT molecular complexity index is 1410. The Labute approximate surface area is 203 Å². The van der Waals surface area contributed by atoms with Gasteiger partial charge in [-0.25, -0.2) is 0 Å². The minimum absolute atomic E-state index is 0.0662. The number of nitrogens with zero attached hydrogens (tertiary/aromatic N) is 4. The number of benzene rings is 1. The van der Waals surface area contributed by atoms with E-state index in [0.717, 1.165) is 11.3 Å². The van der Waals surface area contributed by atoms with E-state index in [1.54, 1.807) is 42.2 Å². The largest absolute Gasteiger partial charge is 0.360 e. The maximum Gasteiger partial charge on any atom is 0.270 e. The minimum atomic E-state index is -0.727. The molecular formula is C22H22N8O4S. The van der Waals surface area contributed by atoms with Gasteiger partial charge < -0.3 is 21.3 Å². The predicted octanol–water partition coefficient (Wildman–Crippen LogP) is -1.58. The van der Waals surface area contributed by atoms with Gasteiger partial charge in [0.1, 0.15) is 21.8 Å². The quantitative estimate of drug-likeness (QED) is 0.318. The summed E-state index contributed by atoms with van der Waals surface area (Å²) in [5, 5.41) is 28.8. The molecule has 1 aromatic carbocycles. The van der Waals surface area contributed by atoms with Crippen molar-refractivity contribution in [3.63, 3.8) is 0 Å². The van der Waals surface area contributed by atoms with E-state index in [0.29, 0.717) is 18.0 Å². The van der Waals surface area contributed by atoms with Gasteiger partial charge in [0.2, 0.25) is 11.8 Å². The fraction of sp³-hybridized carbons (Fsp3) is 0.273. The molecule has 2 heterocycles. The Balaban J connectivity index is 1.81. The summed E-state index contributed by atoms with van der Waals surface area (Å²) in [6.07, 6.45) is 1.47. The minimum Gasteiger partial charge on any atom is -0.360 e.